The largest absolute Gasteiger partial charge is 0.340 e. The van der Waals surface area contributed by atoms with Crippen LogP contribution in [-0.4, -0.2) is 15.5 Å². The summed E-state index contributed by atoms with van der Waals surface area (Å²) >= 11 is 3.31. The molecule has 2 aromatic heterocycles. The molecule has 5 heteroatoms. The Morgan fingerprint density at radius 2 is 2.22 bits per heavy atom. The number of anilines is 1. The van der Waals surface area contributed by atoms with Gasteiger partial charge in [0.25, 0.3) is 5.91 Å². The van der Waals surface area contributed by atoms with Crippen molar-refractivity contribution in [3.05, 3.63) is 46.8 Å². The third kappa shape index (κ3) is 2.31. The third-order valence-corrected chi connectivity index (χ3v) is 3.39. The molecule has 0 saturated heterocycles. The first-order valence-corrected chi connectivity index (χ1v) is 6.63. The summed E-state index contributed by atoms with van der Waals surface area (Å²) in [5, 5.41) is 2.80. The lowest BCUT2D eigenvalue weighted by molar-refractivity contribution is 0.101. The molecule has 1 fully saturated rings. The smallest absolute Gasteiger partial charge is 0.273 e. The van der Waals surface area contributed by atoms with Crippen molar-refractivity contribution in [3.63, 3.8) is 0 Å². The summed E-state index contributed by atoms with van der Waals surface area (Å²) in [5.74, 6) is 0.452. The maximum atomic E-state index is 12.1. The lowest BCUT2D eigenvalue weighted by atomic mass is 10.3. The number of amides is 1. The Labute approximate surface area is 113 Å². The lowest BCUT2D eigenvalue weighted by Crippen LogP contribution is -2.16. The molecule has 1 amide bonds. The first-order valence-electron chi connectivity index (χ1n) is 5.84. The van der Waals surface area contributed by atoms with Crippen molar-refractivity contribution in [2.24, 2.45) is 0 Å². The quantitative estimate of drug-likeness (QED) is 0.946. The van der Waals surface area contributed by atoms with Gasteiger partial charge in [-0.25, -0.2) is 4.98 Å². The van der Waals surface area contributed by atoms with Crippen molar-refractivity contribution in [1.29, 1.82) is 0 Å². The molecule has 1 N–H and O–H groups in total. The van der Waals surface area contributed by atoms with Crippen LogP contribution in [0.2, 0.25) is 0 Å². The minimum atomic E-state index is -0.110. The van der Waals surface area contributed by atoms with Crippen LogP contribution in [0, 0.1) is 0 Å². The van der Waals surface area contributed by atoms with Gasteiger partial charge in [-0.05, 0) is 53.0 Å². The number of hydrogen-bond acceptors (Lipinski definition) is 2. The highest BCUT2D eigenvalue weighted by Gasteiger charge is 2.26. The van der Waals surface area contributed by atoms with Gasteiger partial charge in [0.05, 0.1) is 0 Å². The minimum Gasteiger partial charge on any atom is -0.340 e. The van der Waals surface area contributed by atoms with E-state index in [1.807, 2.05) is 29.0 Å². The van der Waals surface area contributed by atoms with Crippen LogP contribution in [0.5, 0.6) is 0 Å². The molecule has 0 unspecified atom stereocenters. The standard InChI is InChI=1S/C13H12BrN3O/c14-9-3-6-12(15-8-9)16-13(18)11-2-1-7-17(11)10-4-5-10/h1-3,6-8,10H,4-5H2,(H,15,16,18). The summed E-state index contributed by atoms with van der Waals surface area (Å²) in [6.07, 6.45) is 5.94. The predicted molar refractivity (Wildman–Crippen MR) is 72.6 cm³/mol. The van der Waals surface area contributed by atoms with Crippen LogP contribution in [0.15, 0.2) is 41.1 Å². The van der Waals surface area contributed by atoms with E-state index in [1.54, 1.807) is 12.3 Å². The van der Waals surface area contributed by atoms with Crippen LogP contribution in [0.3, 0.4) is 0 Å². The van der Waals surface area contributed by atoms with E-state index in [0.29, 0.717) is 17.6 Å². The summed E-state index contributed by atoms with van der Waals surface area (Å²) in [6, 6.07) is 7.86. The molecule has 1 saturated carbocycles. The van der Waals surface area contributed by atoms with Crippen LogP contribution in [0.1, 0.15) is 29.4 Å². The van der Waals surface area contributed by atoms with Crippen LogP contribution in [0.25, 0.3) is 0 Å². The van der Waals surface area contributed by atoms with E-state index in [2.05, 4.69) is 26.2 Å². The Hall–Kier alpha value is -1.62. The molecule has 92 valence electrons. The predicted octanol–water partition coefficient (Wildman–Crippen LogP) is 3.23. The van der Waals surface area contributed by atoms with E-state index in [0.717, 1.165) is 17.3 Å². The van der Waals surface area contributed by atoms with Gasteiger partial charge in [-0.2, -0.15) is 0 Å². The summed E-state index contributed by atoms with van der Waals surface area (Å²) in [7, 11) is 0. The molecular weight excluding hydrogens is 294 g/mol. The van der Waals surface area contributed by atoms with Gasteiger partial charge >= 0.3 is 0 Å². The van der Waals surface area contributed by atoms with Gasteiger partial charge in [0, 0.05) is 22.9 Å². The van der Waals surface area contributed by atoms with Gasteiger partial charge in [0.1, 0.15) is 11.5 Å². The van der Waals surface area contributed by atoms with Gasteiger partial charge in [-0.3, -0.25) is 4.79 Å². The van der Waals surface area contributed by atoms with Crippen molar-refractivity contribution in [2.45, 2.75) is 18.9 Å². The summed E-state index contributed by atoms with van der Waals surface area (Å²) in [6.45, 7) is 0. The van der Waals surface area contributed by atoms with Crippen molar-refractivity contribution in [1.82, 2.24) is 9.55 Å². The molecule has 18 heavy (non-hydrogen) atoms. The fraction of sp³-hybridized carbons (Fsp3) is 0.231. The number of aromatic nitrogens is 2. The van der Waals surface area contributed by atoms with Crippen molar-refractivity contribution >= 4 is 27.7 Å². The maximum absolute atomic E-state index is 12.1. The number of carbonyl (C=O) groups is 1. The Morgan fingerprint density at radius 1 is 1.39 bits per heavy atom. The van der Waals surface area contributed by atoms with Crippen LogP contribution in [0.4, 0.5) is 5.82 Å². The van der Waals surface area contributed by atoms with Gasteiger partial charge in [0.15, 0.2) is 0 Å². The molecule has 2 heterocycles. The molecule has 1 aliphatic rings. The normalized spacial score (nSPS) is 14.5. The number of pyridine rings is 1. The molecule has 4 nitrogen and oxygen atoms in total. The van der Waals surface area contributed by atoms with E-state index in [1.165, 1.54) is 0 Å². The molecule has 2 aromatic rings. The second-order valence-corrected chi connectivity index (χ2v) is 5.26. The zero-order valence-electron chi connectivity index (χ0n) is 9.64. The zero-order valence-corrected chi connectivity index (χ0v) is 11.2. The van der Waals surface area contributed by atoms with E-state index in [4.69, 9.17) is 0 Å². The Bertz CT molecular complexity index is 572. The van der Waals surface area contributed by atoms with E-state index in [-0.39, 0.29) is 5.91 Å². The second kappa shape index (κ2) is 4.57. The summed E-state index contributed by atoms with van der Waals surface area (Å²) in [4.78, 5) is 16.3. The highest BCUT2D eigenvalue weighted by Crippen LogP contribution is 2.36. The SMILES string of the molecule is O=C(Nc1ccc(Br)cn1)c1cccn1C1CC1. The fourth-order valence-corrected chi connectivity index (χ4v) is 2.12. The van der Waals surface area contributed by atoms with Gasteiger partial charge < -0.3 is 9.88 Å². The number of hydrogen-bond donors (Lipinski definition) is 1. The lowest BCUT2D eigenvalue weighted by Gasteiger charge is -2.08. The van der Waals surface area contributed by atoms with Gasteiger partial charge in [-0.15, -0.1) is 0 Å². The van der Waals surface area contributed by atoms with Crippen molar-refractivity contribution in [2.75, 3.05) is 5.32 Å². The average molecular weight is 306 g/mol. The monoisotopic (exact) mass is 305 g/mol. The summed E-state index contributed by atoms with van der Waals surface area (Å²) in [5.41, 5.74) is 0.696. The van der Waals surface area contributed by atoms with Crippen molar-refractivity contribution in [3.8, 4) is 0 Å². The molecule has 0 aliphatic heterocycles. The minimum absolute atomic E-state index is 0.110. The zero-order chi connectivity index (χ0) is 12.5. The first kappa shape index (κ1) is 11.5. The average Bonchev–Trinajstić information content (AvgIpc) is 3.09. The number of carbonyl (C=O) groups excluding carboxylic acids is 1. The van der Waals surface area contributed by atoms with Crippen LogP contribution >= 0.6 is 15.9 Å². The highest BCUT2D eigenvalue weighted by atomic mass is 79.9. The molecule has 0 aromatic carbocycles. The van der Waals surface area contributed by atoms with E-state index >= 15 is 0 Å². The third-order valence-electron chi connectivity index (χ3n) is 2.92. The number of nitrogens with one attached hydrogen (secondary N) is 1. The Balaban J connectivity index is 1.78. The molecule has 1 aliphatic carbocycles. The Kier molecular flexibility index (Phi) is 2.91. The second-order valence-electron chi connectivity index (χ2n) is 4.35. The molecule has 0 spiro atoms. The fourth-order valence-electron chi connectivity index (χ4n) is 1.89. The van der Waals surface area contributed by atoms with E-state index in [9.17, 15) is 4.79 Å². The number of halogens is 1. The molecule has 0 bridgehead atoms. The topological polar surface area (TPSA) is 46.9 Å². The first-order chi connectivity index (χ1) is 8.74. The highest BCUT2D eigenvalue weighted by molar-refractivity contribution is 9.10. The van der Waals surface area contributed by atoms with Gasteiger partial charge in [0.2, 0.25) is 0 Å². The molecule has 3 rings (SSSR count). The van der Waals surface area contributed by atoms with Crippen LogP contribution in [-0.2, 0) is 0 Å². The number of rotatable bonds is 3. The summed E-state index contributed by atoms with van der Waals surface area (Å²) < 4.78 is 2.93. The van der Waals surface area contributed by atoms with Crippen LogP contribution < -0.4 is 5.32 Å². The van der Waals surface area contributed by atoms with E-state index < -0.39 is 0 Å². The van der Waals surface area contributed by atoms with Crippen molar-refractivity contribution < 1.29 is 4.79 Å². The molecule has 0 atom stereocenters. The maximum Gasteiger partial charge on any atom is 0.273 e. The van der Waals surface area contributed by atoms with Gasteiger partial charge in [-0.1, -0.05) is 0 Å². The molecular formula is C13H12BrN3O. The number of nitrogens with zero attached hydrogens (tertiary/aromatic N) is 2. The Morgan fingerprint density at radius 3 is 2.89 bits per heavy atom. The molecule has 0 radical (unpaired) electrons.